The number of nitrogens with zero attached hydrogens (tertiary/aromatic N) is 1. The summed E-state index contributed by atoms with van der Waals surface area (Å²) in [6, 6.07) is 9.85. The maximum Gasteiger partial charge on any atom is 0.362 e. The first-order valence-corrected chi connectivity index (χ1v) is 8.28. The van der Waals surface area contributed by atoms with Gasteiger partial charge in [0, 0.05) is 30.1 Å². The van der Waals surface area contributed by atoms with Crippen LogP contribution in [0.3, 0.4) is 0 Å². The van der Waals surface area contributed by atoms with Crippen molar-refractivity contribution in [3.63, 3.8) is 0 Å². The fourth-order valence-electron chi connectivity index (χ4n) is 2.79. The smallest absolute Gasteiger partial charge is 0.362 e. The number of carbonyl (C=O) groups excluding carboxylic acids is 2. The lowest BCUT2D eigenvalue weighted by Gasteiger charge is -2.12. The molecule has 1 aromatic heterocycles. The van der Waals surface area contributed by atoms with E-state index in [1.165, 1.54) is 0 Å². The predicted octanol–water partition coefficient (Wildman–Crippen LogP) is 2.78. The van der Waals surface area contributed by atoms with E-state index in [2.05, 4.69) is 15.4 Å². The average Bonchev–Trinajstić information content (AvgIpc) is 2.73. The highest BCUT2D eigenvalue weighted by molar-refractivity contribution is 6.09. The molecule has 1 amide bonds. The van der Waals surface area contributed by atoms with Gasteiger partial charge >= 0.3 is 11.6 Å². The van der Waals surface area contributed by atoms with Crippen LogP contribution in [0.1, 0.15) is 20.7 Å². The molecule has 3 rings (SSSR count). The third-order valence-electron chi connectivity index (χ3n) is 4.11. The molecular formula is C19H15N3O7. The third kappa shape index (κ3) is 3.76. The van der Waals surface area contributed by atoms with Gasteiger partial charge in [-0.2, -0.15) is 0 Å². The summed E-state index contributed by atoms with van der Waals surface area (Å²) in [6.07, 6.45) is 0. The van der Waals surface area contributed by atoms with E-state index in [1.54, 1.807) is 31.3 Å². The SMILES string of the molecule is CNc1c(NC(=O)c2cc(C(=O)OC)cc([N+](=O)[O-])c2)c(=O)oc2ccccc12. The largest absolute Gasteiger partial charge is 0.465 e. The van der Waals surface area contributed by atoms with Gasteiger partial charge in [-0.25, -0.2) is 9.59 Å². The number of anilines is 2. The van der Waals surface area contributed by atoms with Crippen LogP contribution in [0.4, 0.5) is 17.1 Å². The van der Waals surface area contributed by atoms with Crippen molar-refractivity contribution in [2.24, 2.45) is 0 Å². The maximum atomic E-state index is 12.7. The van der Waals surface area contributed by atoms with Gasteiger partial charge in [0.15, 0.2) is 5.69 Å². The van der Waals surface area contributed by atoms with Gasteiger partial charge in [0.1, 0.15) is 5.58 Å². The van der Waals surface area contributed by atoms with Gasteiger partial charge in [-0.05, 0) is 18.2 Å². The van der Waals surface area contributed by atoms with Crippen molar-refractivity contribution in [1.82, 2.24) is 0 Å². The van der Waals surface area contributed by atoms with Crippen molar-refractivity contribution in [1.29, 1.82) is 0 Å². The van der Waals surface area contributed by atoms with Crippen molar-refractivity contribution in [3.05, 3.63) is 74.1 Å². The molecule has 0 fully saturated rings. The van der Waals surface area contributed by atoms with Crippen molar-refractivity contribution in [2.45, 2.75) is 0 Å². The van der Waals surface area contributed by atoms with Gasteiger partial charge in [-0.3, -0.25) is 14.9 Å². The van der Waals surface area contributed by atoms with Crippen LogP contribution in [0.15, 0.2) is 51.7 Å². The van der Waals surface area contributed by atoms with Crippen LogP contribution in [-0.2, 0) is 4.74 Å². The Hall–Kier alpha value is -4.21. The molecule has 2 aromatic carbocycles. The first-order valence-electron chi connectivity index (χ1n) is 8.28. The molecule has 29 heavy (non-hydrogen) atoms. The lowest BCUT2D eigenvalue weighted by Crippen LogP contribution is -2.20. The second-order valence-electron chi connectivity index (χ2n) is 5.86. The number of ether oxygens (including phenoxy) is 1. The minimum Gasteiger partial charge on any atom is -0.465 e. The minimum absolute atomic E-state index is 0.165. The second-order valence-corrected chi connectivity index (χ2v) is 5.86. The highest BCUT2D eigenvalue weighted by Crippen LogP contribution is 2.28. The number of para-hydroxylation sites is 1. The van der Waals surface area contributed by atoms with Gasteiger partial charge in [0.2, 0.25) is 0 Å². The van der Waals surface area contributed by atoms with Gasteiger partial charge in [-0.1, -0.05) is 12.1 Å². The van der Waals surface area contributed by atoms with Crippen molar-refractivity contribution in [3.8, 4) is 0 Å². The molecule has 148 valence electrons. The molecule has 0 bridgehead atoms. The summed E-state index contributed by atoms with van der Waals surface area (Å²) >= 11 is 0. The van der Waals surface area contributed by atoms with Gasteiger partial charge in [0.25, 0.3) is 11.6 Å². The first kappa shape index (κ1) is 19.5. The van der Waals surface area contributed by atoms with Crippen molar-refractivity contribution >= 4 is 39.9 Å². The van der Waals surface area contributed by atoms with E-state index >= 15 is 0 Å². The summed E-state index contributed by atoms with van der Waals surface area (Å²) in [7, 11) is 2.68. The van der Waals surface area contributed by atoms with Gasteiger partial charge < -0.3 is 19.8 Å². The number of methoxy groups -OCH3 is 1. The molecule has 0 atom stereocenters. The Labute approximate surface area is 163 Å². The summed E-state index contributed by atoms with van der Waals surface area (Å²) < 4.78 is 9.78. The monoisotopic (exact) mass is 397 g/mol. The molecule has 0 radical (unpaired) electrons. The average molecular weight is 397 g/mol. The quantitative estimate of drug-likeness (QED) is 0.290. The fraction of sp³-hybridized carbons (Fsp3) is 0.105. The number of carbonyl (C=O) groups is 2. The van der Waals surface area contributed by atoms with Crippen LogP contribution < -0.4 is 16.3 Å². The summed E-state index contributed by atoms with van der Waals surface area (Å²) in [5.74, 6) is -1.68. The molecule has 10 nitrogen and oxygen atoms in total. The molecule has 0 saturated carbocycles. The highest BCUT2D eigenvalue weighted by Gasteiger charge is 2.21. The molecule has 1 heterocycles. The Kier molecular flexibility index (Phi) is 5.26. The van der Waals surface area contributed by atoms with Crippen LogP contribution in [0.25, 0.3) is 11.0 Å². The molecule has 0 aliphatic rings. The second kappa shape index (κ2) is 7.80. The zero-order valence-corrected chi connectivity index (χ0v) is 15.3. The molecule has 3 aromatic rings. The number of esters is 1. The van der Waals surface area contributed by atoms with E-state index in [0.29, 0.717) is 16.7 Å². The number of fused-ring (bicyclic) bond motifs is 1. The molecule has 0 unspecified atom stereocenters. The topological polar surface area (TPSA) is 141 Å². The van der Waals surface area contributed by atoms with E-state index < -0.39 is 28.1 Å². The van der Waals surface area contributed by atoms with Crippen LogP contribution in [0, 0.1) is 10.1 Å². The summed E-state index contributed by atoms with van der Waals surface area (Å²) in [5, 5.41) is 17.0. The standard InChI is InChI=1S/C19H15N3O7/c1-20-15-13-5-3-4-6-14(13)29-19(25)16(15)21-17(23)10-7-11(18(24)28-2)9-12(8-10)22(26)27/h3-9,20H,1-2H3,(H,21,23). The fourth-order valence-corrected chi connectivity index (χ4v) is 2.79. The molecule has 0 saturated heterocycles. The number of hydrogen-bond donors (Lipinski definition) is 2. The highest BCUT2D eigenvalue weighted by atomic mass is 16.6. The number of nitro benzene ring substituents is 1. The first-order chi connectivity index (χ1) is 13.8. The number of rotatable bonds is 5. The number of nitrogens with one attached hydrogen (secondary N) is 2. The van der Waals surface area contributed by atoms with E-state index in [0.717, 1.165) is 25.3 Å². The molecule has 0 aliphatic carbocycles. The van der Waals surface area contributed by atoms with Crippen LogP contribution in [0.5, 0.6) is 0 Å². The molecule has 0 aliphatic heterocycles. The van der Waals surface area contributed by atoms with E-state index in [4.69, 9.17) is 4.42 Å². The van der Waals surface area contributed by atoms with Crippen molar-refractivity contribution in [2.75, 3.05) is 24.8 Å². The Balaban J connectivity index is 2.08. The lowest BCUT2D eigenvalue weighted by atomic mass is 10.1. The van der Waals surface area contributed by atoms with Crippen LogP contribution in [0.2, 0.25) is 0 Å². The zero-order chi connectivity index (χ0) is 21.1. The Morgan fingerprint density at radius 2 is 1.79 bits per heavy atom. The number of amides is 1. The Morgan fingerprint density at radius 3 is 2.45 bits per heavy atom. The zero-order valence-electron chi connectivity index (χ0n) is 15.3. The number of non-ortho nitro benzene ring substituents is 1. The van der Waals surface area contributed by atoms with E-state index in [-0.39, 0.29) is 16.8 Å². The van der Waals surface area contributed by atoms with Crippen LogP contribution in [-0.4, -0.2) is 31.0 Å². The minimum atomic E-state index is -0.844. The molecule has 10 heteroatoms. The summed E-state index contributed by atoms with van der Waals surface area (Å²) in [5.41, 5.74) is -1.17. The van der Waals surface area contributed by atoms with E-state index in [9.17, 15) is 24.5 Å². The number of benzene rings is 2. The normalized spacial score (nSPS) is 10.4. The van der Waals surface area contributed by atoms with Gasteiger partial charge in [0.05, 0.1) is 23.3 Å². The Bertz CT molecular complexity index is 1200. The number of hydrogen-bond acceptors (Lipinski definition) is 8. The van der Waals surface area contributed by atoms with E-state index in [1.807, 2.05) is 0 Å². The summed E-state index contributed by atoms with van der Waals surface area (Å²) in [6.45, 7) is 0. The molecule has 0 spiro atoms. The van der Waals surface area contributed by atoms with Crippen LogP contribution >= 0.6 is 0 Å². The molecular weight excluding hydrogens is 382 g/mol. The van der Waals surface area contributed by atoms with Gasteiger partial charge in [-0.15, -0.1) is 0 Å². The number of nitro groups is 1. The maximum absolute atomic E-state index is 12.7. The lowest BCUT2D eigenvalue weighted by molar-refractivity contribution is -0.384. The predicted molar refractivity (Wildman–Crippen MR) is 104 cm³/mol. The van der Waals surface area contributed by atoms with Crippen molar-refractivity contribution < 1.29 is 23.7 Å². The third-order valence-corrected chi connectivity index (χ3v) is 4.11. The molecule has 2 N–H and O–H groups in total. The summed E-state index contributed by atoms with van der Waals surface area (Å²) in [4.78, 5) is 47.3. The Morgan fingerprint density at radius 1 is 1.10 bits per heavy atom.